The van der Waals surface area contributed by atoms with Crippen molar-refractivity contribution >= 4 is 61.8 Å². The van der Waals surface area contributed by atoms with E-state index in [9.17, 15) is 32.3 Å². The summed E-state index contributed by atoms with van der Waals surface area (Å²) in [5.41, 5.74) is 0.585. The summed E-state index contributed by atoms with van der Waals surface area (Å²) in [5.74, 6) is -6.70. The van der Waals surface area contributed by atoms with Crippen LogP contribution in [-0.4, -0.2) is 67.8 Å². The molecule has 1 aliphatic carbocycles. The van der Waals surface area contributed by atoms with Crippen molar-refractivity contribution < 1.29 is 32.3 Å². The summed E-state index contributed by atoms with van der Waals surface area (Å²) in [6, 6.07) is 8.27. The second-order valence-electron chi connectivity index (χ2n) is 10.6. The van der Waals surface area contributed by atoms with Crippen LogP contribution in [0.25, 0.3) is 10.9 Å². The second-order valence-corrected chi connectivity index (χ2v) is 11.4. The number of ketones is 1. The quantitative estimate of drug-likeness (QED) is 0.282. The van der Waals surface area contributed by atoms with Gasteiger partial charge in [-0.3, -0.25) is 23.9 Å². The Kier molecular flexibility index (Phi) is 8.35. The molecule has 2 fully saturated rings. The molecule has 1 aromatic carbocycles. The summed E-state index contributed by atoms with van der Waals surface area (Å²) < 4.78 is 44.8. The molecule has 3 aromatic rings. The number of hydrogen-bond donors (Lipinski definition) is 2. The zero-order chi connectivity index (χ0) is 30.2. The van der Waals surface area contributed by atoms with Crippen LogP contribution < -0.4 is 10.6 Å². The van der Waals surface area contributed by atoms with Gasteiger partial charge in [-0.05, 0) is 59.1 Å². The smallest absolute Gasteiger partial charge is 0.259 e. The molecule has 42 heavy (non-hydrogen) atoms. The number of amides is 3. The van der Waals surface area contributed by atoms with Crippen LogP contribution in [0.5, 0.6) is 0 Å². The SMILES string of the molecule is CC(=O)c1nn(CC(=O)N2C[C@H](F)C[C@H]2C(=O)Nc2cccc(Br)n2)c2ccc(NC(=O)C3CCCCC3(F)F)cc12. The average molecular weight is 649 g/mol. The minimum atomic E-state index is -3.10. The van der Waals surface area contributed by atoms with E-state index in [2.05, 4.69) is 36.6 Å². The number of hydrogen-bond acceptors (Lipinski definition) is 6. The van der Waals surface area contributed by atoms with Gasteiger partial charge in [0.1, 0.15) is 40.8 Å². The highest BCUT2D eigenvalue weighted by Crippen LogP contribution is 2.39. The van der Waals surface area contributed by atoms with E-state index < -0.39 is 54.1 Å². The first-order valence-corrected chi connectivity index (χ1v) is 14.3. The van der Waals surface area contributed by atoms with Gasteiger partial charge < -0.3 is 15.5 Å². The predicted molar refractivity (Wildman–Crippen MR) is 151 cm³/mol. The Bertz CT molecular complexity index is 1560. The fraction of sp³-hybridized carbons (Fsp3) is 0.429. The summed E-state index contributed by atoms with van der Waals surface area (Å²) in [7, 11) is 0. The van der Waals surface area contributed by atoms with Crippen LogP contribution in [0, 0.1) is 5.92 Å². The molecule has 1 saturated heterocycles. The molecule has 2 N–H and O–H groups in total. The molecular formula is C28H28BrF3N6O4. The number of likely N-dealkylation sites (tertiary alicyclic amines) is 1. The predicted octanol–water partition coefficient (Wildman–Crippen LogP) is 4.74. The molecule has 14 heteroatoms. The molecule has 0 radical (unpaired) electrons. The Morgan fingerprint density at radius 2 is 1.88 bits per heavy atom. The summed E-state index contributed by atoms with van der Waals surface area (Å²) in [4.78, 5) is 56.6. The number of halogens is 4. The van der Waals surface area contributed by atoms with Crippen molar-refractivity contribution in [2.24, 2.45) is 5.92 Å². The average Bonchev–Trinajstić information content (AvgIpc) is 3.49. The standard InChI is InChI=1S/C28H28BrF3N6O4/c1-15(39)25-18-12-17(33-26(41)19-5-2-3-10-28(19,31)32)8-9-20(18)38(36-25)14-24(40)37-13-16(30)11-21(37)27(42)35-23-7-4-6-22(29)34-23/h4,6-9,12,16,19,21H,2-3,5,10-11,13-14H2,1H3,(H,33,41)(H,34,35,42)/t16-,19?,21+/m1/s1. The Morgan fingerprint density at radius 1 is 1.10 bits per heavy atom. The normalized spacial score (nSPS) is 21.7. The van der Waals surface area contributed by atoms with E-state index in [-0.39, 0.29) is 43.0 Å². The highest BCUT2D eigenvalue weighted by Gasteiger charge is 2.46. The minimum Gasteiger partial charge on any atom is -0.326 e. The minimum absolute atomic E-state index is 0.0108. The number of benzene rings is 1. The van der Waals surface area contributed by atoms with E-state index in [1.165, 1.54) is 29.8 Å². The third-order valence-electron chi connectivity index (χ3n) is 7.56. The first-order chi connectivity index (χ1) is 19.9. The number of carbonyl (C=O) groups is 4. The molecule has 3 amide bonds. The number of carbonyl (C=O) groups excluding carboxylic acids is 4. The van der Waals surface area contributed by atoms with E-state index >= 15 is 0 Å². The maximum Gasteiger partial charge on any atom is 0.259 e. The Morgan fingerprint density at radius 3 is 2.60 bits per heavy atom. The molecule has 0 spiro atoms. The van der Waals surface area contributed by atoms with Gasteiger partial charge in [-0.1, -0.05) is 12.5 Å². The van der Waals surface area contributed by atoms with E-state index in [1.807, 2.05) is 0 Å². The Balaban J connectivity index is 1.35. The van der Waals surface area contributed by atoms with Crippen molar-refractivity contribution in [3.63, 3.8) is 0 Å². The summed E-state index contributed by atoms with van der Waals surface area (Å²) >= 11 is 3.22. The zero-order valence-electron chi connectivity index (χ0n) is 22.6. The third-order valence-corrected chi connectivity index (χ3v) is 8.00. The van der Waals surface area contributed by atoms with Crippen molar-refractivity contribution in [1.82, 2.24) is 19.7 Å². The molecule has 1 aliphatic heterocycles. The van der Waals surface area contributed by atoms with Crippen LogP contribution in [0.2, 0.25) is 0 Å². The van der Waals surface area contributed by atoms with Crippen LogP contribution in [0.4, 0.5) is 24.7 Å². The largest absolute Gasteiger partial charge is 0.326 e. The van der Waals surface area contributed by atoms with Crippen LogP contribution in [0.3, 0.4) is 0 Å². The number of nitrogens with zero attached hydrogens (tertiary/aromatic N) is 4. The van der Waals surface area contributed by atoms with Crippen molar-refractivity contribution in [1.29, 1.82) is 0 Å². The topological polar surface area (TPSA) is 126 Å². The molecule has 1 unspecified atom stereocenters. The highest BCUT2D eigenvalue weighted by atomic mass is 79.9. The molecule has 0 bridgehead atoms. The van der Waals surface area contributed by atoms with Crippen molar-refractivity contribution in [2.45, 2.75) is 63.7 Å². The van der Waals surface area contributed by atoms with Crippen molar-refractivity contribution in [2.75, 3.05) is 17.2 Å². The second kappa shape index (κ2) is 11.8. The Hall–Kier alpha value is -3.81. The number of Topliss-reactive ketones (excluding diaryl/α,β-unsaturated/α-hetero) is 1. The monoisotopic (exact) mass is 648 g/mol. The molecule has 3 atom stereocenters. The third kappa shape index (κ3) is 6.18. The van der Waals surface area contributed by atoms with E-state index in [1.54, 1.807) is 18.2 Å². The van der Waals surface area contributed by atoms with Gasteiger partial charge in [-0.2, -0.15) is 5.10 Å². The number of aromatic nitrogens is 3. The van der Waals surface area contributed by atoms with Gasteiger partial charge >= 0.3 is 0 Å². The van der Waals surface area contributed by atoms with Gasteiger partial charge in [0.2, 0.25) is 17.7 Å². The molecule has 2 aromatic heterocycles. The maximum absolute atomic E-state index is 14.4. The maximum atomic E-state index is 14.4. The first kappa shape index (κ1) is 29.7. The fourth-order valence-corrected chi connectivity index (χ4v) is 5.84. The molecule has 5 rings (SSSR count). The molecular weight excluding hydrogens is 621 g/mol. The van der Waals surface area contributed by atoms with Crippen LogP contribution in [0.1, 0.15) is 49.5 Å². The molecule has 10 nitrogen and oxygen atoms in total. The lowest BCUT2D eigenvalue weighted by atomic mass is 9.85. The lowest BCUT2D eigenvalue weighted by Gasteiger charge is -2.30. The van der Waals surface area contributed by atoms with Gasteiger partial charge in [0.05, 0.1) is 12.1 Å². The van der Waals surface area contributed by atoms with Crippen LogP contribution in [0.15, 0.2) is 41.0 Å². The number of fused-ring (bicyclic) bond motifs is 1. The van der Waals surface area contributed by atoms with Crippen LogP contribution >= 0.6 is 15.9 Å². The Labute approximate surface area is 247 Å². The van der Waals surface area contributed by atoms with Crippen molar-refractivity contribution in [3.05, 3.63) is 46.7 Å². The number of nitrogens with one attached hydrogen (secondary N) is 2. The van der Waals surface area contributed by atoms with Gasteiger partial charge in [-0.15, -0.1) is 0 Å². The van der Waals surface area contributed by atoms with Gasteiger partial charge in [0, 0.05) is 30.8 Å². The van der Waals surface area contributed by atoms with Gasteiger partial charge in [0.25, 0.3) is 5.92 Å². The summed E-state index contributed by atoms with van der Waals surface area (Å²) in [5, 5.41) is 9.72. The highest BCUT2D eigenvalue weighted by molar-refractivity contribution is 9.10. The van der Waals surface area contributed by atoms with E-state index in [0.29, 0.717) is 28.3 Å². The summed E-state index contributed by atoms with van der Waals surface area (Å²) in [6.45, 7) is 0.602. The van der Waals surface area contributed by atoms with E-state index in [0.717, 1.165) is 4.90 Å². The molecule has 2 aliphatic rings. The number of pyridine rings is 1. The fourth-order valence-electron chi connectivity index (χ4n) is 5.50. The first-order valence-electron chi connectivity index (χ1n) is 13.5. The van der Waals surface area contributed by atoms with Crippen LogP contribution in [-0.2, 0) is 20.9 Å². The lowest BCUT2D eigenvalue weighted by Crippen LogP contribution is -2.44. The number of anilines is 2. The molecule has 222 valence electrons. The lowest BCUT2D eigenvalue weighted by molar-refractivity contribution is -0.140. The number of rotatable bonds is 7. The molecule has 1 saturated carbocycles. The van der Waals surface area contributed by atoms with Gasteiger partial charge in [0.15, 0.2) is 5.78 Å². The van der Waals surface area contributed by atoms with Gasteiger partial charge in [-0.25, -0.2) is 18.2 Å². The van der Waals surface area contributed by atoms with E-state index in [4.69, 9.17) is 0 Å². The zero-order valence-corrected chi connectivity index (χ0v) is 24.2. The molecule has 3 heterocycles. The number of alkyl halides is 3. The van der Waals surface area contributed by atoms with Crippen molar-refractivity contribution in [3.8, 4) is 0 Å². The summed E-state index contributed by atoms with van der Waals surface area (Å²) in [6.07, 6.45) is -0.972.